The number of rotatable bonds is 5. The van der Waals surface area contributed by atoms with Crippen molar-refractivity contribution in [3.8, 4) is 0 Å². The van der Waals surface area contributed by atoms with Crippen LogP contribution in [0.2, 0.25) is 0 Å². The molecule has 1 aliphatic heterocycles. The Kier molecular flexibility index (Phi) is 7.10. The van der Waals surface area contributed by atoms with Gasteiger partial charge in [0.2, 0.25) is 0 Å². The van der Waals surface area contributed by atoms with Crippen molar-refractivity contribution in [2.45, 2.75) is 52.6 Å². The monoisotopic (exact) mass is 315 g/mol. The molecule has 0 amide bonds. The number of hydrogen-bond acceptors (Lipinski definition) is 4. The fourth-order valence-electron chi connectivity index (χ4n) is 2.62. The lowest BCUT2D eigenvalue weighted by Crippen LogP contribution is -2.36. The standard InChI is InChI=1S/C15H29N5.ClH/c1-5-16-10-13-6-8-19(9-7-13)11-14-12-20(18-17-14)15(2,3)4;/h12-13,16H,5-11H2,1-4H3;1H. The second kappa shape index (κ2) is 8.11. The summed E-state index contributed by atoms with van der Waals surface area (Å²) >= 11 is 0. The zero-order chi connectivity index (χ0) is 14.6. The smallest absolute Gasteiger partial charge is 0.0967 e. The maximum Gasteiger partial charge on any atom is 0.0967 e. The van der Waals surface area contributed by atoms with E-state index in [2.05, 4.69) is 54.4 Å². The molecule has 1 aromatic rings. The van der Waals surface area contributed by atoms with E-state index < -0.39 is 0 Å². The predicted octanol–water partition coefficient (Wildman–Crippen LogP) is 2.28. The van der Waals surface area contributed by atoms with Crippen LogP contribution in [0.5, 0.6) is 0 Å². The van der Waals surface area contributed by atoms with Gasteiger partial charge in [0.05, 0.1) is 17.4 Å². The van der Waals surface area contributed by atoms with Gasteiger partial charge in [-0.3, -0.25) is 4.90 Å². The lowest BCUT2D eigenvalue weighted by Gasteiger charge is -2.31. The van der Waals surface area contributed by atoms with Gasteiger partial charge in [0.25, 0.3) is 0 Å². The largest absolute Gasteiger partial charge is 0.317 e. The van der Waals surface area contributed by atoms with Gasteiger partial charge in [0, 0.05) is 6.54 Å². The van der Waals surface area contributed by atoms with Crippen molar-refractivity contribution in [3.63, 3.8) is 0 Å². The molecule has 0 aromatic carbocycles. The van der Waals surface area contributed by atoms with Crippen molar-refractivity contribution in [3.05, 3.63) is 11.9 Å². The van der Waals surface area contributed by atoms with Crippen molar-refractivity contribution < 1.29 is 0 Å². The normalized spacial score (nSPS) is 17.7. The minimum atomic E-state index is 0. The molecule has 0 aliphatic carbocycles. The maximum absolute atomic E-state index is 4.30. The third kappa shape index (κ3) is 5.57. The average Bonchev–Trinajstić information content (AvgIpc) is 2.86. The Balaban J connectivity index is 0.00000220. The summed E-state index contributed by atoms with van der Waals surface area (Å²) in [5.41, 5.74) is 1.11. The molecule has 21 heavy (non-hydrogen) atoms. The van der Waals surface area contributed by atoms with Gasteiger partial charge in [0.1, 0.15) is 0 Å². The van der Waals surface area contributed by atoms with Gasteiger partial charge >= 0.3 is 0 Å². The van der Waals surface area contributed by atoms with Crippen LogP contribution in [0.15, 0.2) is 6.20 Å². The van der Waals surface area contributed by atoms with Gasteiger partial charge in [-0.1, -0.05) is 12.1 Å². The molecule has 0 radical (unpaired) electrons. The highest BCUT2D eigenvalue weighted by Crippen LogP contribution is 2.18. The summed E-state index contributed by atoms with van der Waals surface area (Å²) in [7, 11) is 0. The molecular weight excluding hydrogens is 286 g/mol. The Morgan fingerprint density at radius 2 is 1.95 bits per heavy atom. The minimum absolute atomic E-state index is 0. The number of likely N-dealkylation sites (tertiary alicyclic amines) is 1. The van der Waals surface area contributed by atoms with Gasteiger partial charge in [-0.15, -0.1) is 17.5 Å². The van der Waals surface area contributed by atoms with Crippen LogP contribution < -0.4 is 5.32 Å². The Labute approximate surface area is 134 Å². The second-order valence-corrected chi connectivity index (χ2v) is 6.85. The molecule has 0 saturated carbocycles. The maximum atomic E-state index is 4.30. The molecule has 0 unspecified atom stereocenters. The van der Waals surface area contributed by atoms with Gasteiger partial charge in [-0.25, -0.2) is 4.68 Å². The van der Waals surface area contributed by atoms with Gasteiger partial charge in [-0.2, -0.15) is 0 Å². The molecule has 1 fully saturated rings. The van der Waals surface area contributed by atoms with Gasteiger partial charge < -0.3 is 5.32 Å². The molecule has 0 bridgehead atoms. The first-order valence-corrected chi connectivity index (χ1v) is 7.84. The first-order valence-electron chi connectivity index (χ1n) is 7.84. The van der Waals surface area contributed by atoms with E-state index in [9.17, 15) is 0 Å². The van der Waals surface area contributed by atoms with E-state index in [0.29, 0.717) is 0 Å². The third-order valence-corrected chi connectivity index (χ3v) is 4.00. The van der Waals surface area contributed by atoms with Crippen LogP contribution in [-0.4, -0.2) is 46.1 Å². The Morgan fingerprint density at radius 3 is 2.48 bits per heavy atom. The number of halogens is 1. The first kappa shape index (κ1) is 18.4. The van der Waals surface area contributed by atoms with E-state index in [4.69, 9.17) is 0 Å². The number of hydrogen-bond donors (Lipinski definition) is 1. The third-order valence-electron chi connectivity index (χ3n) is 4.00. The molecule has 2 rings (SSSR count). The molecule has 0 atom stereocenters. The van der Waals surface area contributed by atoms with Crippen LogP contribution in [0.4, 0.5) is 0 Å². The number of aromatic nitrogens is 3. The molecular formula is C15H30ClN5. The first-order chi connectivity index (χ1) is 9.49. The van der Waals surface area contributed by atoms with Crippen molar-refractivity contribution in [1.29, 1.82) is 0 Å². The highest BCUT2D eigenvalue weighted by molar-refractivity contribution is 5.85. The summed E-state index contributed by atoms with van der Waals surface area (Å²) in [4.78, 5) is 2.50. The van der Waals surface area contributed by atoms with Crippen LogP contribution in [0.3, 0.4) is 0 Å². The summed E-state index contributed by atoms with van der Waals surface area (Å²) in [6, 6.07) is 0. The Hall–Kier alpha value is -0.650. The molecule has 5 nitrogen and oxygen atoms in total. The van der Waals surface area contributed by atoms with Crippen molar-refractivity contribution in [2.24, 2.45) is 5.92 Å². The van der Waals surface area contributed by atoms with Gasteiger partial charge in [-0.05, 0) is 65.7 Å². The van der Waals surface area contributed by atoms with E-state index in [1.807, 2.05) is 4.68 Å². The summed E-state index contributed by atoms with van der Waals surface area (Å²) in [5.74, 6) is 0.844. The number of nitrogens with one attached hydrogen (secondary N) is 1. The summed E-state index contributed by atoms with van der Waals surface area (Å²) in [6.07, 6.45) is 4.67. The fourth-order valence-corrected chi connectivity index (χ4v) is 2.62. The lowest BCUT2D eigenvalue weighted by molar-refractivity contribution is 0.174. The van der Waals surface area contributed by atoms with Crippen LogP contribution in [0, 0.1) is 5.92 Å². The van der Waals surface area contributed by atoms with Crippen LogP contribution >= 0.6 is 12.4 Å². The van der Waals surface area contributed by atoms with E-state index >= 15 is 0 Å². The molecule has 122 valence electrons. The summed E-state index contributed by atoms with van der Waals surface area (Å²) in [5, 5.41) is 12.0. The summed E-state index contributed by atoms with van der Waals surface area (Å²) in [6.45, 7) is 14.2. The quantitative estimate of drug-likeness (QED) is 0.905. The average molecular weight is 316 g/mol. The van der Waals surface area contributed by atoms with E-state index in [-0.39, 0.29) is 17.9 Å². The van der Waals surface area contributed by atoms with E-state index in [1.165, 1.54) is 32.5 Å². The minimum Gasteiger partial charge on any atom is -0.317 e. The van der Waals surface area contributed by atoms with E-state index in [0.717, 1.165) is 24.7 Å². The molecule has 1 N–H and O–H groups in total. The number of nitrogens with zero attached hydrogens (tertiary/aromatic N) is 4. The molecule has 1 aromatic heterocycles. The van der Waals surface area contributed by atoms with Crippen LogP contribution in [0.1, 0.15) is 46.2 Å². The highest BCUT2D eigenvalue weighted by atomic mass is 35.5. The summed E-state index contributed by atoms with van der Waals surface area (Å²) < 4.78 is 1.96. The second-order valence-electron chi connectivity index (χ2n) is 6.85. The van der Waals surface area contributed by atoms with Crippen molar-refractivity contribution in [2.75, 3.05) is 26.2 Å². The van der Waals surface area contributed by atoms with Crippen molar-refractivity contribution >= 4 is 12.4 Å². The Morgan fingerprint density at radius 1 is 1.29 bits per heavy atom. The Bertz CT molecular complexity index is 404. The molecule has 1 aliphatic rings. The zero-order valence-corrected chi connectivity index (χ0v) is 14.6. The van der Waals surface area contributed by atoms with Gasteiger partial charge in [0.15, 0.2) is 0 Å². The fraction of sp³-hybridized carbons (Fsp3) is 0.867. The predicted molar refractivity (Wildman–Crippen MR) is 88.8 cm³/mol. The molecule has 2 heterocycles. The van der Waals surface area contributed by atoms with Crippen molar-refractivity contribution in [1.82, 2.24) is 25.2 Å². The SMILES string of the molecule is CCNCC1CCN(Cc2cn(C(C)(C)C)nn2)CC1.Cl. The zero-order valence-electron chi connectivity index (χ0n) is 13.8. The molecule has 0 spiro atoms. The molecule has 1 saturated heterocycles. The van der Waals surface area contributed by atoms with Crippen LogP contribution in [-0.2, 0) is 12.1 Å². The van der Waals surface area contributed by atoms with Crippen LogP contribution in [0.25, 0.3) is 0 Å². The van der Waals surface area contributed by atoms with E-state index in [1.54, 1.807) is 0 Å². The molecule has 6 heteroatoms. The highest BCUT2D eigenvalue weighted by Gasteiger charge is 2.20. The number of piperidine rings is 1. The topological polar surface area (TPSA) is 46.0 Å². The lowest BCUT2D eigenvalue weighted by atomic mass is 9.97.